The Balaban J connectivity index is 1.11. The molecule has 3 heterocycles. The van der Waals surface area contributed by atoms with Crippen molar-refractivity contribution < 1.29 is 4.74 Å². The molecule has 5 heteroatoms. The number of ether oxygens (including phenoxy) is 1. The highest BCUT2D eigenvalue weighted by Crippen LogP contribution is 2.51. The lowest BCUT2D eigenvalue weighted by molar-refractivity contribution is 0.483. The summed E-state index contributed by atoms with van der Waals surface area (Å²) >= 11 is 0. The van der Waals surface area contributed by atoms with Crippen LogP contribution in [0.3, 0.4) is 0 Å². The summed E-state index contributed by atoms with van der Waals surface area (Å²) in [7, 11) is 0. The Bertz CT molecular complexity index is 3950. The van der Waals surface area contributed by atoms with Gasteiger partial charge in [0.1, 0.15) is 24.0 Å². The summed E-state index contributed by atoms with van der Waals surface area (Å²) in [5.74, 6) is 3.03. The Morgan fingerprint density at radius 3 is 1.52 bits per heavy atom. The van der Waals surface area contributed by atoms with Crippen LogP contribution in [0.1, 0.15) is 180 Å². The molecule has 0 spiro atoms. The summed E-state index contributed by atoms with van der Waals surface area (Å²) in [6.45, 7) is 40.0. The molecular formula is C78H86N4O. The molecule has 5 nitrogen and oxygen atoms in total. The summed E-state index contributed by atoms with van der Waals surface area (Å²) in [5, 5.41) is 2.37. The molecular weight excluding hydrogens is 1010 g/mol. The molecule has 0 bridgehead atoms. The van der Waals surface area contributed by atoms with E-state index in [2.05, 4.69) is 314 Å². The van der Waals surface area contributed by atoms with E-state index in [0.717, 1.165) is 45.3 Å². The van der Waals surface area contributed by atoms with Gasteiger partial charge in [-0.3, -0.25) is 4.57 Å². The van der Waals surface area contributed by atoms with Gasteiger partial charge in [0.05, 0.1) is 22.4 Å². The van der Waals surface area contributed by atoms with Gasteiger partial charge in [-0.1, -0.05) is 215 Å². The number of aromatic nitrogens is 2. The second kappa shape index (κ2) is 21.1. The van der Waals surface area contributed by atoms with Gasteiger partial charge < -0.3 is 14.5 Å². The predicted octanol–water partition coefficient (Wildman–Crippen LogP) is 21.7. The molecule has 1 aliphatic rings. The van der Waals surface area contributed by atoms with Gasteiger partial charge in [0, 0.05) is 51.3 Å². The summed E-state index contributed by atoms with van der Waals surface area (Å²) in [6.07, 6.45) is 1.96. The first-order chi connectivity index (χ1) is 39.2. The normalized spacial score (nSPS) is 13.5. The van der Waals surface area contributed by atoms with Gasteiger partial charge >= 0.3 is 0 Å². The predicted molar refractivity (Wildman–Crippen MR) is 354 cm³/mol. The molecule has 0 saturated carbocycles. The highest BCUT2D eigenvalue weighted by atomic mass is 16.5. The fourth-order valence-corrected chi connectivity index (χ4v) is 12.4. The molecule has 0 N–H and O–H groups in total. The van der Waals surface area contributed by atoms with E-state index in [1.807, 2.05) is 6.20 Å². The fourth-order valence-electron chi connectivity index (χ4n) is 12.4. The van der Waals surface area contributed by atoms with Crippen LogP contribution in [0, 0.1) is 0 Å². The first-order valence-corrected chi connectivity index (χ1v) is 30.2. The van der Waals surface area contributed by atoms with Crippen molar-refractivity contribution >= 4 is 44.6 Å². The minimum Gasteiger partial charge on any atom is -0.457 e. The third kappa shape index (κ3) is 10.8. The minimum atomic E-state index is -0.285. The first kappa shape index (κ1) is 56.9. The maximum absolute atomic E-state index is 7.37. The van der Waals surface area contributed by atoms with Crippen LogP contribution in [-0.2, 0) is 27.1 Å². The van der Waals surface area contributed by atoms with Crippen molar-refractivity contribution in [2.75, 3.05) is 16.5 Å². The van der Waals surface area contributed by atoms with Crippen molar-refractivity contribution in [3.05, 3.63) is 238 Å². The number of pyridine rings is 1. The topological polar surface area (TPSA) is 33.5 Å². The fraction of sp³-hybridized carbons (Fsp3) is 0.321. The van der Waals surface area contributed by atoms with E-state index in [0.29, 0.717) is 18.5 Å². The minimum absolute atomic E-state index is 0.0181. The van der Waals surface area contributed by atoms with Crippen molar-refractivity contribution in [1.29, 1.82) is 0 Å². The summed E-state index contributed by atoms with van der Waals surface area (Å²) in [5.41, 5.74) is 20.1. The lowest BCUT2D eigenvalue weighted by Crippen LogP contribution is -2.27. The van der Waals surface area contributed by atoms with Gasteiger partial charge in [-0.25, -0.2) is 4.98 Å². The molecule has 11 rings (SSSR count). The van der Waals surface area contributed by atoms with E-state index >= 15 is 0 Å². The Labute approximate surface area is 496 Å². The van der Waals surface area contributed by atoms with Crippen LogP contribution < -0.4 is 14.5 Å². The largest absolute Gasteiger partial charge is 0.457 e. The Hall–Kier alpha value is -7.89. The van der Waals surface area contributed by atoms with Crippen LogP contribution >= 0.6 is 0 Å². The molecule has 0 unspecified atom stereocenters. The third-order valence-corrected chi connectivity index (χ3v) is 17.9. The van der Waals surface area contributed by atoms with Gasteiger partial charge in [-0.05, 0) is 162 Å². The van der Waals surface area contributed by atoms with Gasteiger partial charge in [0.25, 0.3) is 0 Å². The highest BCUT2D eigenvalue weighted by Gasteiger charge is 2.35. The summed E-state index contributed by atoms with van der Waals surface area (Å²) in [4.78, 5) is 10.1. The number of fused-ring (bicyclic) bond motifs is 4. The monoisotopic (exact) mass is 1090 g/mol. The zero-order chi connectivity index (χ0) is 59.1. The van der Waals surface area contributed by atoms with Crippen LogP contribution in [0.15, 0.2) is 188 Å². The summed E-state index contributed by atoms with van der Waals surface area (Å²) in [6, 6.07) is 68.3. The third-order valence-electron chi connectivity index (χ3n) is 17.9. The van der Waals surface area contributed by atoms with Gasteiger partial charge in [0.2, 0.25) is 0 Å². The van der Waals surface area contributed by atoms with E-state index in [1.165, 1.54) is 77.8 Å². The second-order valence-corrected chi connectivity index (χ2v) is 28.3. The quantitative estimate of drug-likeness (QED) is 0.122. The molecule has 10 aromatic rings. The molecule has 83 heavy (non-hydrogen) atoms. The lowest BCUT2D eigenvalue weighted by atomic mass is 9.73. The average molecular weight is 1100 g/mol. The molecule has 424 valence electrons. The van der Waals surface area contributed by atoms with Crippen LogP contribution in [0.5, 0.6) is 11.5 Å². The van der Waals surface area contributed by atoms with E-state index in [-0.39, 0.29) is 27.1 Å². The molecule has 0 aliphatic carbocycles. The van der Waals surface area contributed by atoms with Crippen LogP contribution in [-0.4, -0.2) is 16.2 Å². The second-order valence-electron chi connectivity index (χ2n) is 28.3. The van der Waals surface area contributed by atoms with Gasteiger partial charge in [-0.15, -0.1) is 0 Å². The lowest BCUT2D eigenvalue weighted by Gasteiger charge is -2.33. The number of nitrogens with zero attached hydrogens (tertiary/aromatic N) is 4. The Kier molecular flexibility index (Phi) is 14.5. The zero-order valence-corrected chi connectivity index (χ0v) is 52.5. The maximum atomic E-state index is 7.37. The maximum Gasteiger partial charge on any atom is 0.137 e. The standard InChI is InChI=1S/C78H86N4O/c1-50(2)64-29-24-30-65(51(3)4)73(64)52-39-60(47-63(40-52)83-62-33-34-66-67-44-55(74(5,6)7)31-35-68(67)82(70(66)48-62)72-46-57(37-38-79-72)76(11,12)13)80-49-81(71-45-56(75(8,9)10)32-36-69(71)80)61-42-58(77(14,15)53-25-20-18-21-26-53)41-59(43-61)78(16,17)54-27-22-19-23-28-54/h18-48,50-51H,49H2,1-17H3. The van der Waals surface area contributed by atoms with Crippen LogP contribution in [0.4, 0.5) is 22.7 Å². The first-order valence-electron chi connectivity index (χ1n) is 30.2. The molecule has 1 aliphatic heterocycles. The van der Waals surface area contributed by atoms with Crippen molar-refractivity contribution in [2.45, 2.75) is 157 Å². The number of benzene rings is 8. The Morgan fingerprint density at radius 2 is 0.940 bits per heavy atom. The van der Waals surface area contributed by atoms with Crippen molar-refractivity contribution in [3.8, 4) is 28.4 Å². The average Bonchev–Trinajstić information content (AvgIpc) is 4.22. The van der Waals surface area contributed by atoms with E-state index in [1.54, 1.807) is 0 Å². The molecule has 0 saturated heterocycles. The van der Waals surface area contributed by atoms with Crippen molar-refractivity contribution in [2.24, 2.45) is 0 Å². The van der Waals surface area contributed by atoms with E-state index in [4.69, 9.17) is 9.72 Å². The number of rotatable bonds is 12. The van der Waals surface area contributed by atoms with Crippen molar-refractivity contribution in [3.63, 3.8) is 0 Å². The van der Waals surface area contributed by atoms with Gasteiger partial charge in [0.15, 0.2) is 0 Å². The highest BCUT2D eigenvalue weighted by molar-refractivity contribution is 6.10. The van der Waals surface area contributed by atoms with Crippen molar-refractivity contribution in [1.82, 2.24) is 9.55 Å². The number of hydrogen-bond donors (Lipinski definition) is 0. The summed E-state index contributed by atoms with van der Waals surface area (Å²) < 4.78 is 9.70. The molecule has 0 atom stereocenters. The molecule has 0 amide bonds. The molecule has 2 aromatic heterocycles. The SMILES string of the molecule is CC(C)c1cccc(C(C)C)c1-c1cc(Oc2ccc3c4cc(C(C)(C)C)ccc4n(-c4cc(C(C)(C)C)ccn4)c3c2)cc(N2CN(c3cc(C(C)(C)c4ccccc4)cc(C(C)(C)c4ccccc4)c3)c3cc(C(C)(C)C)ccc32)c1. The number of anilines is 4. The molecule has 0 fully saturated rings. The molecule has 8 aromatic carbocycles. The van der Waals surface area contributed by atoms with Gasteiger partial charge in [-0.2, -0.15) is 0 Å². The molecule has 0 radical (unpaired) electrons. The smallest absolute Gasteiger partial charge is 0.137 e. The van der Waals surface area contributed by atoms with Crippen LogP contribution in [0.25, 0.3) is 38.8 Å². The zero-order valence-electron chi connectivity index (χ0n) is 52.5. The Morgan fingerprint density at radius 1 is 0.398 bits per heavy atom. The van der Waals surface area contributed by atoms with Crippen LogP contribution in [0.2, 0.25) is 0 Å². The van der Waals surface area contributed by atoms with E-state index < -0.39 is 0 Å². The van der Waals surface area contributed by atoms with E-state index in [9.17, 15) is 0 Å². The number of hydrogen-bond acceptors (Lipinski definition) is 4.